The number of hydrogen-bond acceptors (Lipinski definition) is 12. The van der Waals surface area contributed by atoms with Crippen molar-refractivity contribution < 1.29 is 56.6 Å². The standard InChI is InChI=1S/C46H61Cl2O12P/c1-26-7-17-37-28(3)39(51-41-45(37)35(26)19-21-43(5,53-41)57-59-45)23-30(25-50-61(49,55-33-13-9-31(47)10-14-33)56-34-15-11-32(48)12-16-34)24-40-29(4)38-18-8-27(2)36-20-22-44(6)54-42(52-40)46(36,38)60-58-44/h9-16,26-30,35-42H,7-8,17-25H2,1-6H3/t26-,27-,28-,29-,35+,36+,37+,38+,39-,40-,41-,42-,43+,44+,45-,46-/m1/s1. The van der Waals surface area contributed by atoms with Crippen molar-refractivity contribution in [1.29, 1.82) is 0 Å². The minimum atomic E-state index is -4.32. The van der Waals surface area contributed by atoms with E-state index in [2.05, 4.69) is 27.7 Å². The van der Waals surface area contributed by atoms with Crippen LogP contribution in [0.2, 0.25) is 10.0 Å². The van der Waals surface area contributed by atoms with E-state index in [0.29, 0.717) is 34.7 Å². The summed E-state index contributed by atoms with van der Waals surface area (Å²) in [6.45, 7) is 13.1. The van der Waals surface area contributed by atoms with E-state index in [1.165, 1.54) is 0 Å². The number of phosphoric ester groups is 1. The van der Waals surface area contributed by atoms with Crippen LogP contribution in [-0.4, -0.2) is 54.2 Å². The Labute approximate surface area is 369 Å². The predicted molar refractivity (Wildman–Crippen MR) is 224 cm³/mol. The largest absolute Gasteiger partial charge is 0.587 e. The number of rotatable bonds is 11. The Morgan fingerprint density at radius 3 is 1.48 bits per heavy atom. The van der Waals surface area contributed by atoms with Crippen molar-refractivity contribution in [2.75, 3.05) is 6.61 Å². The van der Waals surface area contributed by atoms with E-state index >= 15 is 0 Å². The molecule has 2 aromatic carbocycles. The first-order chi connectivity index (χ1) is 29.1. The Morgan fingerprint density at radius 1 is 0.623 bits per heavy atom. The minimum absolute atomic E-state index is 0.0221. The summed E-state index contributed by atoms with van der Waals surface area (Å²) in [4.78, 5) is 25.2. The molecule has 12 rings (SSSR count). The second-order valence-electron chi connectivity index (χ2n) is 20.1. The fourth-order valence-electron chi connectivity index (χ4n) is 12.9. The van der Waals surface area contributed by atoms with Crippen LogP contribution in [0.4, 0.5) is 0 Å². The van der Waals surface area contributed by atoms with Gasteiger partial charge in [-0.1, -0.05) is 50.9 Å². The number of halogens is 2. The summed E-state index contributed by atoms with van der Waals surface area (Å²) >= 11 is 12.4. The molecule has 0 N–H and O–H groups in total. The second kappa shape index (κ2) is 16.1. The van der Waals surface area contributed by atoms with E-state index in [-0.39, 0.29) is 71.7 Å². The first kappa shape index (κ1) is 43.4. The molecule has 10 fully saturated rings. The van der Waals surface area contributed by atoms with Crippen molar-refractivity contribution in [2.45, 2.75) is 153 Å². The van der Waals surface area contributed by atoms with Crippen LogP contribution in [0.15, 0.2) is 48.5 Å². The summed E-state index contributed by atoms with van der Waals surface area (Å²) in [5.74, 6) is 0.414. The normalized spacial score (nSPS) is 45.5. The van der Waals surface area contributed by atoms with Gasteiger partial charge in [-0.2, -0.15) is 0 Å². The highest BCUT2D eigenvalue weighted by atomic mass is 35.5. The molecule has 12 nitrogen and oxygen atoms in total. The third-order valence-electron chi connectivity index (χ3n) is 16.3. The first-order valence-electron chi connectivity index (χ1n) is 22.7. The van der Waals surface area contributed by atoms with Gasteiger partial charge in [-0.05, 0) is 155 Å². The summed E-state index contributed by atoms with van der Waals surface area (Å²) in [6.07, 6.45) is 6.99. The van der Waals surface area contributed by atoms with Gasteiger partial charge >= 0.3 is 7.82 Å². The molecule has 0 unspecified atom stereocenters. The van der Waals surface area contributed by atoms with Crippen molar-refractivity contribution in [3.05, 3.63) is 58.6 Å². The van der Waals surface area contributed by atoms with E-state index in [0.717, 1.165) is 51.4 Å². The maximum Gasteiger partial charge on any atom is 0.587 e. The summed E-state index contributed by atoms with van der Waals surface area (Å²) in [7, 11) is -4.32. The number of ether oxygens (including phenoxy) is 4. The molecule has 2 spiro atoms. The zero-order valence-electron chi connectivity index (χ0n) is 36.0. The molecule has 2 aromatic rings. The van der Waals surface area contributed by atoms with Crippen molar-refractivity contribution in [3.63, 3.8) is 0 Å². The zero-order chi connectivity index (χ0) is 42.5. The van der Waals surface area contributed by atoms with Gasteiger partial charge in [0.1, 0.15) is 11.5 Å². The highest BCUT2D eigenvalue weighted by Gasteiger charge is 2.71. The number of fused-ring (bicyclic) bond motifs is 4. The molecule has 8 aliphatic heterocycles. The topological polar surface area (TPSA) is 119 Å². The van der Waals surface area contributed by atoms with Crippen LogP contribution in [-0.2, 0) is 47.6 Å². The van der Waals surface area contributed by atoms with Gasteiger partial charge in [-0.15, -0.1) is 0 Å². The molecular formula is C46H61Cl2O12P. The van der Waals surface area contributed by atoms with E-state index in [1.807, 2.05) is 13.8 Å². The molecule has 8 heterocycles. The average Bonchev–Trinajstić information content (AvgIpc) is 3.61. The molecule has 10 aliphatic rings. The third kappa shape index (κ3) is 7.62. The molecule has 4 bridgehead atoms. The summed E-state index contributed by atoms with van der Waals surface area (Å²) in [6, 6.07) is 13.2. The third-order valence-corrected chi connectivity index (χ3v) is 18.1. The summed E-state index contributed by atoms with van der Waals surface area (Å²) in [5, 5.41) is 1.03. The van der Waals surface area contributed by atoms with E-state index in [4.69, 9.17) is 75.3 Å². The van der Waals surface area contributed by atoms with Crippen LogP contribution in [0.25, 0.3) is 0 Å². The van der Waals surface area contributed by atoms with Gasteiger partial charge in [-0.25, -0.2) is 24.1 Å². The molecule has 0 amide bonds. The Balaban J connectivity index is 0.966. The van der Waals surface area contributed by atoms with Crippen LogP contribution < -0.4 is 9.05 Å². The van der Waals surface area contributed by atoms with Gasteiger partial charge in [0.2, 0.25) is 11.6 Å². The van der Waals surface area contributed by atoms with Gasteiger partial charge in [0.25, 0.3) is 0 Å². The lowest BCUT2D eigenvalue weighted by Gasteiger charge is -2.61. The first-order valence-corrected chi connectivity index (χ1v) is 24.9. The quantitative estimate of drug-likeness (QED) is 0.158. The molecular weight excluding hydrogens is 846 g/mol. The number of phosphoric acid groups is 1. The maximum atomic E-state index is 14.9. The van der Waals surface area contributed by atoms with Gasteiger partial charge in [-0.3, -0.25) is 4.52 Å². The maximum absolute atomic E-state index is 14.9. The lowest BCUT2D eigenvalue weighted by Crippen LogP contribution is -2.70. The highest BCUT2D eigenvalue weighted by molar-refractivity contribution is 7.49. The molecule has 61 heavy (non-hydrogen) atoms. The zero-order valence-corrected chi connectivity index (χ0v) is 38.4. The number of benzene rings is 2. The van der Waals surface area contributed by atoms with Crippen LogP contribution in [0.5, 0.6) is 11.5 Å². The summed E-state index contributed by atoms with van der Waals surface area (Å²) in [5.41, 5.74) is -1.38. The van der Waals surface area contributed by atoms with Crippen molar-refractivity contribution in [2.24, 2.45) is 53.3 Å². The van der Waals surface area contributed by atoms with Crippen molar-refractivity contribution in [3.8, 4) is 11.5 Å². The monoisotopic (exact) mass is 906 g/mol. The van der Waals surface area contributed by atoms with Gasteiger partial charge in [0.05, 0.1) is 18.8 Å². The molecule has 0 radical (unpaired) electrons. The van der Waals surface area contributed by atoms with Crippen LogP contribution >= 0.6 is 31.0 Å². The Morgan fingerprint density at radius 2 is 1.05 bits per heavy atom. The SMILES string of the molecule is C[C@H]1[C@@H](CC(COP(=O)(Oc2ccc(Cl)cc2)Oc2ccc(Cl)cc2)C[C@H]2O[C@@H]3O[C@]4(C)CC[C@H]5[C@H](C)CC[C@@H]([C@H]2C)[C@@]35OO4)O[C@@H]2O[C@]3(C)CC[C@H]4[C@H](C)CC[C@@H]1[C@@]24OO3. The van der Waals surface area contributed by atoms with E-state index < -0.39 is 43.2 Å². The van der Waals surface area contributed by atoms with Crippen LogP contribution in [0, 0.1) is 53.3 Å². The number of hydrogen-bond donors (Lipinski definition) is 0. The Hall–Kier alpha value is -1.51. The lowest BCUT2D eigenvalue weighted by atomic mass is 9.56. The average molecular weight is 908 g/mol. The fraction of sp³-hybridized carbons (Fsp3) is 0.739. The Kier molecular flexibility index (Phi) is 11.5. The van der Waals surface area contributed by atoms with Gasteiger partial charge in [0, 0.05) is 34.7 Å². The van der Waals surface area contributed by atoms with Crippen molar-refractivity contribution >= 4 is 31.0 Å². The Bertz CT molecular complexity index is 1830. The van der Waals surface area contributed by atoms with Gasteiger partial charge in [0.15, 0.2) is 23.8 Å². The summed E-state index contributed by atoms with van der Waals surface area (Å²) < 4.78 is 61.4. The molecule has 8 saturated heterocycles. The molecule has 15 heteroatoms. The molecule has 336 valence electrons. The lowest BCUT2D eigenvalue weighted by molar-refractivity contribution is -0.571. The molecule has 2 saturated carbocycles. The smallest absolute Gasteiger partial charge is 0.395 e. The fourth-order valence-corrected chi connectivity index (χ4v) is 14.5. The molecule has 16 atom stereocenters. The second-order valence-corrected chi connectivity index (χ2v) is 22.4. The molecule has 2 aliphatic carbocycles. The molecule has 0 aromatic heterocycles. The van der Waals surface area contributed by atoms with Gasteiger partial charge < -0.3 is 28.0 Å². The van der Waals surface area contributed by atoms with E-state index in [1.54, 1.807) is 48.5 Å². The highest BCUT2D eigenvalue weighted by Crippen LogP contribution is 2.63. The van der Waals surface area contributed by atoms with Crippen LogP contribution in [0.1, 0.15) is 106 Å². The van der Waals surface area contributed by atoms with E-state index in [9.17, 15) is 4.57 Å². The minimum Gasteiger partial charge on any atom is -0.395 e. The van der Waals surface area contributed by atoms with Crippen molar-refractivity contribution in [1.82, 2.24) is 0 Å². The predicted octanol–water partition coefficient (Wildman–Crippen LogP) is 11.5. The van der Waals surface area contributed by atoms with Crippen LogP contribution in [0.3, 0.4) is 0 Å².